The summed E-state index contributed by atoms with van der Waals surface area (Å²) < 4.78 is 9.79. The van der Waals surface area contributed by atoms with Crippen LogP contribution in [0.2, 0.25) is 0 Å². The number of ether oxygens (including phenoxy) is 1. The molecule has 0 radical (unpaired) electrons. The van der Waals surface area contributed by atoms with E-state index in [0.717, 1.165) is 30.6 Å². The Morgan fingerprint density at radius 2 is 2.31 bits per heavy atom. The Hall–Kier alpha value is -0.680. The van der Waals surface area contributed by atoms with E-state index in [-0.39, 0.29) is 0 Å². The quantitative estimate of drug-likeness (QED) is 0.875. The van der Waals surface area contributed by atoms with Gasteiger partial charge < -0.3 is 10.1 Å². The van der Waals surface area contributed by atoms with Gasteiger partial charge in [-0.3, -0.25) is 0 Å². The molecule has 4 nitrogen and oxygen atoms in total. The van der Waals surface area contributed by atoms with Gasteiger partial charge in [0.05, 0.1) is 6.61 Å². The molecule has 3 rings (SSSR count). The molecule has 1 saturated carbocycles. The molecule has 1 saturated heterocycles. The van der Waals surface area contributed by atoms with Crippen molar-refractivity contribution in [2.24, 2.45) is 5.92 Å². The summed E-state index contributed by atoms with van der Waals surface area (Å²) in [6, 6.07) is 0.433. The summed E-state index contributed by atoms with van der Waals surface area (Å²) in [5.74, 6) is 2.31. The van der Waals surface area contributed by atoms with E-state index in [1.165, 1.54) is 24.4 Å². The summed E-state index contributed by atoms with van der Waals surface area (Å²) in [4.78, 5) is 4.54. The van der Waals surface area contributed by atoms with Crippen LogP contribution in [0.5, 0.6) is 0 Å². The number of anilines is 1. The van der Waals surface area contributed by atoms with Crippen LogP contribution < -0.4 is 5.32 Å². The number of hydrogen-bond acceptors (Lipinski definition) is 5. The van der Waals surface area contributed by atoms with Gasteiger partial charge in [0.15, 0.2) is 0 Å². The molecule has 2 atom stereocenters. The standard InChI is InChI=1S/C11H17N3OS/c1-7(9-4-5-15-6-9)12-11-13-10(14-16-11)8-2-3-8/h7-9H,2-6H2,1H3,(H,12,13,14). The van der Waals surface area contributed by atoms with Crippen LogP contribution in [0.25, 0.3) is 0 Å². The Morgan fingerprint density at radius 3 is 3.00 bits per heavy atom. The van der Waals surface area contributed by atoms with Crippen LogP contribution in [0.3, 0.4) is 0 Å². The molecule has 16 heavy (non-hydrogen) atoms. The van der Waals surface area contributed by atoms with Crippen LogP contribution in [0.15, 0.2) is 0 Å². The molecule has 2 heterocycles. The minimum absolute atomic E-state index is 0.433. The molecule has 2 unspecified atom stereocenters. The third-order valence-electron chi connectivity index (χ3n) is 3.41. The Kier molecular flexibility index (Phi) is 2.81. The normalized spacial score (nSPS) is 26.9. The van der Waals surface area contributed by atoms with Crippen LogP contribution in [0.4, 0.5) is 5.13 Å². The largest absolute Gasteiger partial charge is 0.381 e. The van der Waals surface area contributed by atoms with Crippen molar-refractivity contribution in [3.8, 4) is 0 Å². The maximum atomic E-state index is 5.40. The number of hydrogen-bond donors (Lipinski definition) is 1. The van der Waals surface area contributed by atoms with Crippen LogP contribution >= 0.6 is 11.5 Å². The highest BCUT2D eigenvalue weighted by molar-refractivity contribution is 7.09. The van der Waals surface area contributed by atoms with Crippen LogP contribution in [0, 0.1) is 5.92 Å². The summed E-state index contributed by atoms with van der Waals surface area (Å²) >= 11 is 1.49. The molecule has 88 valence electrons. The third-order valence-corrected chi connectivity index (χ3v) is 4.07. The molecule has 1 aromatic rings. The van der Waals surface area contributed by atoms with E-state index in [9.17, 15) is 0 Å². The van der Waals surface area contributed by atoms with Crippen molar-refractivity contribution >= 4 is 16.7 Å². The number of nitrogens with zero attached hydrogens (tertiary/aromatic N) is 2. The Bertz CT molecular complexity index is 358. The van der Waals surface area contributed by atoms with Crippen molar-refractivity contribution in [1.29, 1.82) is 0 Å². The van der Waals surface area contributed by atoms with E-state index in [2.05, 4.69) is 21.6 Å². The van der Waals surface area contributed by atoms with Gasteiger partial charge in [0.1, 0.15) is 5.82 Å². The Labute approximate surface area is 99.6 Å². The smallest absolute Gasteiger partial charge is 0.202 e. The van der Waals surface area contributed by atoms with E-state index in [1.54, 1.807) is 0 Å². The fourth-order valence-electron chi connectivity index (χ4n) is 2.06. The van der Waals surface area contributed by atoms with Crippen molar-refractivity contribution in [3.63, 3.8) is 0 Å². The first-order valence-electron chi connectivity index (χ1n) is 6.01. The average Bonchev–Trinajstić information content (AvgIpc) is 2.82. The zero-order valence-electron chi connectivity index (χ0n) is 9.48. The zero-order valence-corrected chi connectivity index (χ0v) is 10.3. The Balaban J connectivity index is 1.59. The average molecular weight is 239 g/mol. The first-order valence-corrected chi connectivity index (χ1v) is 6.78. The van der Waals surface area contributed by atoms with Gasteiger partial charge in [-0.1, -0.05) is 0 Å². The second kappa shape index (κ2) is 4.30. The summed E-state index contributed by atoms with van der Waals surface area (Å²) in [7, 11) is 0. The summed E-state index contributed by atoms with van der Waals surface area (Å²) in [6.07, 6.45) is 3.69. The zero-order chi connectivity index (χ0) is 11.0. The predicted molar refractivity (Wildman–Crippen MR) is 63.9 cm³/mol. The van der Waals surface area contributed by atoms with E-state index in [0.29, 0.717) is 17.9 Å². The highest BCUT2D eigenvalue weighted by Crippen LogP contribution is 2.39. The van der Waals surface area contributed by atoms with Crippen molar-refractivity contribution in [1.82, 2.24) is 9.36 Å². The SMILES string of the molecule is CC(Nc1nc(C2CC2)ns1)C1CCOC1. The lowest BCUT2D eigenvalue weighted by molar-refractivity contribution is 0.183. The van der Waals surface area contributed by atoms with Crippen molar-refractivity contribution in [2.45, 2.75) is 38.1 Å². The summed E-state index contributed by atoms with van der Waals surface area (Å²) in [5.41, 5.74) is 0. The molecule has 1 aliphatic heterocycles. The van der Waals surface area contributed by atoms with E-state index < -0.39 is 0 Å². The predicted octanol–water partition coefficient (Wildman–Crippen LogP) is 2.25. The highest BCUT2D eigenvalue weighted by atomic mass is 32.1. The molecule has 0 amide bonds. The molecule has 1 N–H and O–H groups in total. The lowest BCUT2D eigenvalue weighted by Crippen LogP contribution is -2.26. The summed E-state index contributed by atoms with van der Waals surface area (Å²) in [6.45, 7) is 3.99. The lowest BCUT2D eigenvalue weighted by Gasteiger charge is -2.17. The van der Waals surface area contributed by atoms with Gasteiger partial charge in [-0.2, -0.15) is 4.37 Å². The van der Waals surface area contributed by atoms with Crippen LogP contribution in [-0.2, 0) is 4.74 Å². The van der Waals surface area contributed by atoms with E-state index in [4.69, 9.17) is 4.74 Å². The molecule has 0 bridgehead atoms. The minimum atomic E-state index is 0.433. The topological polar surface area (TPSA) is 47.0 Å². The van der Waals surface area contributed by atoms with Crippen molar-refractivity contribution in [3.05, 3.63) is 5.82 Å². The monoisotopic (exact) mass is 239 g/mol. The molecule has 1 aromatic heterocycles. The van der Waals surface area contributed by atoms with Gasteiger partial charge in [0, 0.05) is 36.0 Å². The third kappa shape index (κ3) is 2.20. The first-order chi connectivity index (χ1) is 7.83. The lowest BCUT2D eigenvalue weighted by atomic mass is 10.0. The molecular weight excluding hydrogens is 222 g/mol. The highest BCUT2D eigenvalue weighted by Gasteiger charge is 2.28. The van der Waals surface area contributed by atoms with E-state index >= 15 is 0 Å². The van der Waals surface area contributed by atoms with E-state index in [1.807, 2.05) is 0 Å². The molecule has 0 aromatic carbocycles. The number of aromatic nitrogens is 2. The van der Waals surface area contributed by atoms with Gasteiger partial charge in [-0.15, -0.1) is 0 Å². The second-order valence-electron chi connectivity index (χ2n) is 4.79. The van der Waals surface area contributed by atoms with Crippen molar-refractivity contribution < 1.29 is 4.74 Å². The van der Waals surface area contributed by atoms with Gasteiger partial charge >= 0.3 is 0 Å². The van der Waals surface area contributed by atoms with Gasteiger partial charge in [-0.25, -0.2) is 4.98 Å². The molecule has 2 aliphatic rings. The fraction of sp³-hybridized carbons (Fsp3) is 0.818. The van der Waals surface area contributed by atoms with Gasteiger partial charge in [-0.05, 0) is 26.2 Å². The minimum Gasteiger partial charge on any atom is -0.381 e. The molecule has 0 spiro atoms. The van der Waals surface area contributed by atoms with Crippen LogP contribution in [-0.4, -0.2) is 28.6 Å². The van der Waals surface area contributed by atoms with Gasteiger partial charge in [0.25, 0.3) is 0 Å². The molecular formula is C11H17N3OS. The summed E-state index contributed by atoms with van der Waals surface area (Å²) in [5, 5.41) is 4.43. The van der Waals surface area contributed by atoms with Crippen molar-refractivity contribution in [2.75, 3.05) is 18.5 Å². The molecule has 1 aliphatic carbocycles. The maximum absolute atomic E-state index is 5.40. The van der Waals surface area contributed by atoms with Gasteiger partial charge in [0.2, 0.25) is 5.13 Å². The number of nitrogens with one attached hydrogen (secondary N) is 1. The fourth-order valence-corrected chi connectivity index (χ4v) is 2.80. The maximum Gasteiger partial charge on any atom is 0.202 e. The Morgan fingerprint density at radius 1 is 1.44 bits per heavy atom. The van der Waals surface area contributed by atoms with Crippen LogP contribution in [0.1, 0.15) is 37.9 Å². The molecule has 2 fully saturated rings. The molecule has 5 heteroatoms. The first kappa shape index (κ1) is 10.5. The number of rotatable bonds is 4. The second-order valence-corrected chi connectivity index (χ2v) is 5.54.